The second-order valence-corrected chi connectivity index (χ2v) is 8.55. The monoisotopic (exact) mass is 383 g/mol. The van der Waals surface area contributed by atoms with Gasteiger partial charge >= 0.3 is 0 Å². The van der Waals surface area contributed by atoms with Crippen LogP contribution in [-0.4, -0.2) is 6.04 Å². The maximum Gasteiger partial charge on any atom is 0.120 e. The van der Waals surface area contributed by atoms with Gasteiger partial charge in [0.2, 0.25) is 0 Å². The molecule has 3 aromatic rings. The van der Waals surface area contributed by atoms with Crippen LogP contribution in [0.3, 0.4) is 0 Å². The normalized spacial score (nSPS) is 18.3. The Kier molecular flexibility index (Phi) is 5.12. The van der Waals surface area contributed by atoms with Gasteiger partial charge in [-0.1, -0.05) is 61.0 Å². The molecule has 2 aliphatic rings. The van der Waals surface area contributed by atoms with Gasteiger partial charge in [0, 0.05) is 12.1 Å². The number of benzene rings is 3. The Morgan fingerprint density at radius 3 is 2.55 bits per heavy atom. The molecule has 3 aromatic carbocycles. The van der Waals surface area contributed by atoms with Crippen LogP contribution >= 0.6 is 0 Å². The Morgan fingerprint density at radius 2 is 1.79 bits per heavy atom. The minimum Gasteiger partial charge on any atom is -0.489 e. The van der Waals surface area contributed by atoms with Crippen LogP contribution in [0.2, 0.25) is 0 Å². The van der Waals surface area contributed by atoms with Crippen molar-refractivity contribution in [3.63, 3.8) is 0 Å². The summed E-state index contributed by atoms with van der Waals surface area (Å²) in [7, 11) is 0. The second-order valence-electron chi connectivity index (χ2n) is 8.55. The lowest BCUT2D eigenvalue weighted by Gasteiger charge is -2.30. The van der Waals surface area contributed by atoms with E-state index < -0.39 is 0 Å². The van der Waals surface area contributed by atoms with Gasteiger partial charge in [0.1, 0.15) is 12.4 Å². The summed E-state index contributed by atoms with van der Waals surface area (Å²) in [5.41, 5.74) is 7.99. The molecule has 1 unspecified atom stereocenters. The van der Waals surface area contributed by atoms with Gasteiger partial charge in [-0.05, 0) is 78.1 Å². The fraction of sp³-hybridized carbons (Fsp3) is 0.333. The van der Waals surface area contributed by atoms with Crippen LogP contribution in [0, 0.1) is 6.92 Å². The van der Waals surface area contributed by atoms with E-state index in [1.54, 1.807) is 0 Å². The van der Waals surface area contributed by atoms with E-state index in [2.05, 4.69) is 79.0 Å². The third kappa shape index (κ3) is 3.95. The molecule has 0 bridgehead atoms. The molecule has 2 aliphatic carbocycles. The Labute approximate surface area is 173 Å². The molecule has 1 fully saturated rings. The number of aryl methyl sites for hydroxylation is 2. The van der Waals surface area contributed by atoms with E-state index >= 15 is 0 Å². The van der Waals surface area contributed by atoms with Crippen LogP contribution < -0.4 is 10.1 Å². The largest absolute Gasteiger partial charge is 0.489 e. The van der Waals surface area contributed by atoms with Crippen LogP contribution in [0.15, 0.2) is 66.7 Å². The number of rotatable bonds is 6. The summed E-state index contributed by atoms with van der Waals surface area (Å²) in [5.74, 6) is 0.984. The zero-order valence-electron chi connectivity index (χ0n) is 17.2. The van der Waals surface area contributed by atoms with Crippen molar-refractivity contribution in [2.75, 3.05) is 0 Å². The molecule has 5 rings (SSSR count). The maximum absolute atomic E-state index is 6.15. The lowest BCUT2D eigenvalue weighted by molar-refractivity contribution is 0.303. The quantitative estimate of drug-likeness (QED) is 0.534. The molecule has 0 radical (unpaired) electrons. The van der Waals surface area contributed by atoms with Crippen molar-refractivity contribution in [2.45, 2.75) is 57.7 Å². The van der Waals surface area contributed by atoms with Crippen LogP contribution in [0.25, 0.3) is 11.1 Å². The highest BCUT2D eigenvalue weighted by Crippen LogP contribution is 2.35. The molecule has 2 heteroatoms. The molecule has 29 heavy (non-hydrogen) atoms. The van der Waals surface area contributed by atoms with Gasteiger partial charge in [-0.15, -0.1) is 0 Å². The van der Waals surface area contributed by atoms with Gasteiger partial charge < -0.3 is 10.1 Å². The summed E-state index contributed by atoms with van der Waals surface area (Å²) in [6.45, 7) is 2.79. The summed E-state index contributed by atoms with van der Waals surface area (Å²) in [4.78, 5) is 0. The van der Waals surface area contributed by atoms with E-state index in [1.807, 2.05) is 0 Å². The van der Waals surface area contributed by atoms with Crippen LogP contribution in [0.1, 0.15) is 54.0 Å². The van der Waals surface area contributed by atoms with Gasteiger partial charge in [0.15, 0.2) is 0 Å². The minimum absolute atomic E-state index is 0.539. The van der Waals surface area contributed by atoms with Crippen molar-refractivity contribution < 1.29 is 4.74 Å². The standard InChI is InChI=1S/C27H29NO/c1-19-16-20(10-13-25(19)21-6-3-2-4-7-21)18-29-24-12-14-26-22(17-24)11-15-27(26)28-23-8-5-9-23/h2-4,6-7,10,12-14,16-17,23,27-28H,5,8-9,11,15,18H2,1H3. The fourth-order valence-electron chi connectivity index (χ4n) is 4.64. The molecule has 148 valence electrons. The Morgan fingerprint density at radius 1 is 0.931 bits per heavy atom. The van der Waals surface area contributed by atoms with Gasteiger partial charge in [-0.25, -0.2) is 0 Å². The average molecular weight is 384 g/mol. The highest BCUT2D eigenvalue weighted by atomic mass is 16.5. The average Bonchev–Trinajstić information content (AvgIpc) is 3.12. The highest BCUT2D eigenvalue weighted by molar-refractivity contribution is 5.67. The summed E-state index contributed by atoms with van der Waals surface area (Å²) >= 11 is 0. The Balaban J connectivity index is 1.24. The first kappa shape index (κ1) is 18.4. The summed E-state index contributed by atoms with van der Waals surface area (Å²) < 4.78 is 6.15. The predicted octanol–water partition coefficient (Wildman–Crippen LogP) is 6.37. The van der Waals surface area contributed by atoms with E-state index in [1.165, 1.54) is 59.1 Å². The second kappa shape index (κ2) is 8.04. The SMILES string of the molecule is Cc1cc(COc2ccc3c(c2)CCC3NC2CCC2)ccc1-c1ccccc1. The number of hydrogen-bond donors (Lipinski definition) is 1. The van der Waals surface area contributed by atoms with E-state index in [4.69, 9.17) is 4.74 Å². The van der Waals surface area contributed by atoms with E-state index in [0.29, 0.717) is 12.6 Å². The predicted molar refractivity (Wildman–Crippen MR) is 119 cm³/mol. The zero-order chi connectivity index (χ0) is 19.6. The molecule has 0 spiro atoms. The highest BCUT2D eigenvalue weighted by Gasteiger charge is 2.27. The van der Waals surface area contributed by atoms with Crippen molar-refractivity contribution in [3.8, 4) is 16.9 Å². The minimum atomic E-state index is 0.539. The smallest absolute Gasteiger partial charge is 0.120 e. The van der Waals surface area contributed by atoms with Crippen molar-refractivity contribution in [1.29, 1.82) is 0 Å². The van der Waals surface area contributed by atoms with Crippen LogP contribution in [0.4, 0.5) is 0 Å². The van der Waals surface area contributed by atoms with Crippen molar-refractivity contribution in [2.24, 2.45) is 0 Å². The molecule has 1 N–H and O–H groups in total. The molecular formula is C27H29NO. The zero-order valence-corrected chi connectivity index (χ0v) is 17.2. The molecule has 1 saturated carbocycles. The number of nitrogens with one attached hydrogen (secondary N) is 1. The van der Waals surface area contributed by atoms with E-state index in [-0.39, 0.29) is 0 Å². The van der Waals surface area contributed by atoms with Gasteiger partial charge in [0.05, 0.1) is 0 Å². The first-order valence-electron chi connectivity index (χ1n) is 10.9. The lowest BCUT2D eigenvalue weighted by Crippen LogP contribution is -2.37. The molecular weight excluding hydrogens is 354 g/mol. The Bertz CT molecular complexity index is 991. The van der Waals surface area contributed by atoms with E-state index in [0.717, 1.165) is 18.2 Å². The topological polar surface area (TPSA) is 21.3 Å². The molecule has 2 nitrogen and oxygen atoms in total. The van der Waals surface area contributed by atoms with Gasteiger partial charge in [-0.3, -0.25) is 0 Å². The van der Waals surface area contributed by atoms with Crippen molar-refractivity contribution in [3.05, 3.63) is 89.0 Å². The lowest BCUT2D eigenvalue weighted by atomic mass is 9.92. The number of hydrogen-bond acceptors (Lipinski definition) is 2. The Hall–Kier alpha value is -2.58. The molecule has 1 atom stereocenters. The molecule has 0 heterocycles. The van der Waals surface area contributed by atoms with Gasteiger partial charge in [-0.2, -0.15) is 0 Å². The molecule has 0 amide bonds. The maximum atomic E-state index is 6.15. The molecule has 0 aromatic heterocycles. The number of ether oxygens (including phenoxy) is 1. The third-order valence-electron chi connectivity index (χ3n) is 6.52. The molecule has 0 aliphatic heterocycles. The van der Waals surface area contributed by atoms with Crippen LogP contribution in [0.5, 0.6) is 5.75 Å². The van der Waals surface area contributed by atoms with Gasteiger partial charge in [0.25, 0.3) is 0 Å². The first-order valence-corrected chi connectivity index (χ1v) is 10.9. The summed E-state index contributed by atoms with van der Waals surface area (Å²) in [6.07, 6.45) is 6.44. The van der Waals surface area contributed by atoms with Crippen molar-refractivity contribution in [1.82, 2.24) is 5.32 Å². The van der Waals surface area contributed by atoms with Crippen molar-refractivity contribution >= 4 is 0 Å². The van der Waals surface area contributed by atoms with E-state index in [9.17, 15) is 0 Å². The summed E-state index contributed by atoms with van der Waals surface area (Å²) in [6, 6.07) is 25.2. The third-order valence-corrected chi connectivity index (χ3v) is 6.52. The number of fused-ring (bicyclic) bond motifs is 1. The molecule has 0 saturated heterocycles. The summed E-state index contributed by atoms with van der Waals surface area (Å²) in [5, 5.41) is 3.83. The van der Waals surface area contributed by atoms with Crippen LogP contribution in [-0.2, 0) is 13.0 Å². The fourth-order valence-corrected chi connectivity index (χ4v) is 4.64. The first-order chi connectivity index (χ1) is 14.3.